The molecule has 0 saturated heterocycles. The molecule has 6 heteroatoms. The number of carbonyl (C=O) groups excluding carboxylic acids is 1. The molecule has 1 heterocycles. The summed E-state index contributed by atoms with van der Waals surface area (Å²) in [4.78, 5) is 11.5. The van der Waals surface area contributed by atoms with Crippen LogP contribution in [0, 0.1) is 0 Å². The number of hydrogen-bond donors (Lipinski definition) is 3. The summed E-state index contributed by atoms with van der Waals surface area (Å²) in [5.41, 5.74) is 0.304. The molecule has 0 radical (unpaired) electrons. The van der Waals surface area contributed by atoms with Gasteiger partial charge < -0.3 is 15.2 Å². The summed E-state index contributed by atoms with van der Waals surface area (Å²) >= 11 is 0. The number of nitrogens with zero attached hydrogens (tertiary/aromatic N) is 1. The SMILES string of the molecule is CC(C)(C)OC(=O)N[C@H](CO)Cc1ccn[nH]1. The Hall–Kier alpha value is -1.56. The smallest absolute Gasteiger partial charge is 0.407 e. The number of amides is 1. The first kappa shape index (κ1) is 13.5. The van der Waals surface area contributed by atoms with Crippen LogP contribution in [0.4, 0.5) is 4.79 Å². The molecule has 0 spiro atoms. The van der Waals surface area contributed by atoms with E-state index in [0.717, 1.165) is 5.69 Å². The first-order valence-electron chi connectivity index (χ1n) is 5.49. The molecule has 0 aliphatic carbocycles. The molecule has 0 aromatic carbocycles. The Morgan fingerprint density at radius 2 is 2.35 bits per heavy atom. The number of alkyl carbamates (subject to hydrolysis) is 1. The third-order valence-electron chi connectivity index (χ3n) is 1.97. The van der Waals surface area contributed by atoms with Crippen LogP contribution in [0.5, 0.6) is 0 Å². The van der Waals surface area contributed by atoms with E-state index >= 15 is 0 Å². The van der Waals surface area contributed by atoms with E-state index in [1.807, 2.05) is 0 Å². The van der Waals surface area contributed by atoms with Crippen LogP contribution >= 0.6 is 0 Å². The molecular weight excluding hydrogens is 222 g/mol. The number of aromatic amines is 1. The third kappa shape index (κ3) is 5.35. The lowest BCUT2D eigenvalue weighted by atomic mass is 10.1. The van der Waals surface area contributed by atoms with E-state index in [9.17, 15) is 4.79 Å². The van der Waals surface area contributed by atoms with Crippen molar-refractivity contribution in [3.63, 3.8) is 0 Å². The van der Waals surface area contributed by atoms with Crippen molar-refractivity contribution in [2.75, 3.05) is 6.61 Å². The zero-order valence-corrected chi connectivity index (χ0v) is 10.4. The number of aromatic nitrogens is 2. The predicted molar refractivity (Wildman–Crippen MR) is 62.5 cm³/mol. The Kier molecular flexibility index (Phi) is 4.51. The second-order valence-corrected chi connectivity index (χ2v) is 4.81. The number of hydrogen-bond acceptors (Lipinski definition) is 4. The van der Waals surface area contributed by atoms with Crippen LogP contribution in [0.3, 0.4) is 0 Å². The number of carbonyl (C=O) groups is 1. The largest absolute Gasteiger partial charge is 0.444 e. The molecule has 17 heavy (non-hydrogen) atoms. The Balaban J connectivity index is 2.44. The lowest BCUT2D eigenvalue weighted by molar-refractivity contribution is 0.0482. The number of rotatable bonds is 4. The van der Waals surface area contributed by atoms with Gasteiger partial charge in [-0.2, -0.15) is 5.10 Å². The maximum atomic E-state index is 11.5. The summed E-state index contributed by atoms with van der Waals surface area (Å²) < 4.78 is 5.10. The molecule has 3 N–H and O–H groups in total. The summed E-state index contributed by atoms with van der Waals surface area (Å²) in [6.07, 6.45) is 1.57. The fourth-order valence-electron chi connectivity index (χ4n) is 1.30. The Morgan fingerprint density at radius 3 is 2.82 bits per heavy atom. The summed E-state index contributed by atoms with van der Waals surface area (Å²) in [6, 6.07) is 1.41. The highest BCUT2D eigenvalue weighted by atomic mass is 16.6. The highest BCUT2D eigenvalue weighted by Gasteiger charge is 2.19. The molecule has 0 fully saturated rings. The minimum absolute atomic E-state index is 0.155. The highest BCUT2D eigenvalue weighted by molar-refractivity contribution is 5.68. The van der Waals surface area contributed by atoms with Gasteiger partial charge in [-0.25, -0.2) is 4.79 Å². The quantitative estimate of drug-likeness (QED) is 0.729. The standard InChI is InChI=1S/C11H19N3O3/c1-11(2,3)17-10(16)13-9(7-15)6-8-4-5-12-14-8/h4-5,9,15H,6-7H2,1-3H3,(H,12,14)(H,13,16)/t9-/m0/s1. The van der Waals surface area contributed by atoms with Gasteiger partial charge in [0.15, 0.2) is 0 Å². The van der Waals surface area contributed by atoms with E-state index < -0.39 is 11.7 Å². The van der Waals surface area contributed by atoms with Crippen LogP contribution in [0.25, 0.3) is 0 Å². The second kappa shape index (κ2) is 5.67. The molecule has 0 unspecified atom stereocenters. The predicted octanol–water partition coefficient (Wildman–Crippen LogP) is 0.838. The van der Waals surface area contributed by atoms with Gasteiger partial charge in [0, 0.05) is 18.3 Å². The van der Waals surface area contributed by atoms with Gasteiger partial charge in [-0.3, -0.25) is 5.10 Å². The molecule has 1 rings (SSSR count). The average Bonchev–Trinajstić information content (AvgIpc) is 2.66. The van der Waals surface area contributed by atoms with Crippen molar-refractivity contribution in [1.82, 2.24) is 15.5 Å². The summed E-state index contributed by atoms with van der Waals surface area (Å²) in [5, 5.41) is 18.3. The van der Waals surface area contributed by atoms with Gasteiger partial charge >= 0.3 is 6.09 Å². The molecule has 1 atom stereocenters. The highest BCUT2D eigenvalue weighted by Crippen LogP contribution is 2.07. The van der Waals surface area contributed by atoms with Gasteiger partial charge in [-0.15, -0.1) is 0 Å². The van der Waals surface area contributed by atoms with E-state index in [1.165, 1.54) is 0 Å². The molecule has 96 valence electrons. The van der Waals surface area contributed by atoms with Gasteiger partial charge in [0.2, 0.25) is 0 Å². The molecule has 0 aliphatic rings. The molecule has 0 aliphatic heterocycles. The van der Waals surface area contributed by atoms with Gasteiger partial charge in [0.25, 0.3) is 0 Å². The number of H-pyrrole nitrogens is 1. The fraction of sp³-hybridized carbons (Fsp3) is 0.636. The lowest BCUT2D eigenvalue weighted by Crippen LogP contribution is -2.42. The van der Waals surface area contributed by atoms with Gasteiger partial charge in [-0.05, 0) is 26.8 Å². The Morgan fingerprint density at radius 1 is 1.65 bits per heavy atom. The minimum atomic E-state index is -0.544. The lowest BCUT2D eigenvalue weighted by Gasteiger charge is -2.22. The first-order valence-corrected chi connectivity index (χ1v) is 5.49. The van der Waals surface area contributed by atoms with Crippen molar-refractivity contribution < 1.29 is 14.6 Å². The van der Waals surface area contributed by atoms with Crippen LogP contribution in [-0.4, -0.2) is 39.6 Å². The third-order valence-corrected chi connectivity index (χ3v) is 1.97. The molecule has 0 bridgehead atoms. The number of ether oxygens (including phenoxy) is 1. The van der Waals surface area contributed by atoms with Crippen LogP contribution in [0.2, 0.25) is 0 Å². The van der Waals surface area contributed by atoms with Crippen molar-refractivity contribution in [3.05, 3.63) is 18.0 Å². The van der Waals surface area contributed by atoms with Crippen molar-refractivity contribution in [3.8, 4) is 0 Å². The van der Waals surface area contributed by atoms with E-state index in [0.29, 0.717) is 6.42 Å². The zero-order valence-electron chi connectivity index (χ0n) is 10.4. The van der Waals surface area contributed by atoms with Gasteiger partial charge in [0.05, 0.1) is 12.6 Å². The normalized spacial score (nSPS) is 13.2. The van der Waals surface area contributed by atoms with E-state index in [2.05, 4.69) is 15.5 Å². The van der Waals surface area contributed by atoms with Crippen molar-refractivity contribution in [1.29, 1.82) is 0 Å². The second-order valence-electron chi connectivity index (χ2n) is 4.81. The molecule has 1 amide bonds. The topological polar surface area (TPSA) is 87.2 Å². The van der Waals surface area contributed by atoms with Gasteiger partial charge in [-0.1, -0.05) is 0 Å². The molecule has 1 aromatic rings. The Labute approximate surface area is 100 Å². The maximum absolute atomic E-state index is 11.5. The fourth-order valence-corrected chi connectivity index (χ4v) is 1.30. The maximum Gasteiger partial charge on any atom is 0.407 e. The average molecular weight is 241 g/mol. The molecule has 6 nitrogen and oxygen atoms in total. The van der Waals surface area contributed by atoms with E-state index in [1.54, 1.807) is 33.0 Å². The van der Waals surface area contributed by atoms with Crippen molar-refractivity contribution in [2.24, 2.45) is 0 Å². The molecule has 0 saturated carbocycles. The van der Waals surface area contributed by atoms with Crippen molar-refractivity contribution in [2.45, 2.75) is 38.8 Å². The molecule has 1 aromatic heterocycles. The van der Waals surface area contributed by atoms with Crippen LogP contribution < -0.4 is 5.32 Å². The van der Waals surface area contributed by atoms with Crippen molar-refractivity contribution >= 4 is 6.09 Å². The monoisotopic (exact) mass is 241 g/mol. The number of aliphatic hydroxyl groups is 1. The van der Waals surface area contributed by atoms with E-state index in [-0.39, 0.29) is 12.6 Å². The van der Waals surface area contributed by atoms with Gasteiger partial charge in [0.1, 0.15) is 5.60 Å². The number of nitrogens with one attached hydrogen (secondary N) is 2. The molecular formula is C11H19N3O3. The summed E-state index contributed by atoms with van der Waals surface area (Å²) in [7, 11) is 0. The summed E-state index contributed by atoms with van der Waals surface area (Å²) in [5.74, 6) is 0. The zero-order chi connectivity index (χ0) is 12.9. The Bertz CT molecular complexity index is 343. The van der Waals surface area contributed by atoms with Crippen LogP contribution in [0.15, 0.2) is 12.3 Å². The minimum Gasteiger partial charge on any atom is -0.444 e. The summed E-state index contributed by atoms with van der Waals surface area (Å²) in [6.45, 7) is 5.21. The van der Waals surface area contributed by atoms with Crippen LogP contribution in [-0.2, 0) is 11.2 Å². The number of aliphatic hydroxyl groups excluding tert-OH is 1. The first-order chi connectivity index (χ1) is 7.90. The van der Waals surface area contributed by atoms with Crippen LogP contribution in [0.1, 0.15) is 26.5 Å². The van der Waals surface area contributed by atoms with E-state index in [4.69, 9.17) is 9.84 Å².